The van der Waals surface area contributed by atoms with E-state index < -0.39 is 5.97 Å². The molecule has 0 spiro atoms. The molecular formula is C15H20N2O5. The predicted octanol–water partition coefficient (Wildman–Crippen LogP) is 0.415. The Bertz CT molecular complexity index is 553. The minimum atomic E-state index is -0.825. The third-order valence-electron chi connectivity index (χ3n) is 3.75. The van der Waals surface area contributed by atoms with Crippen molar-refractivity contribution >= 4 is 12.3 Å². The molecule has 7 heteroatoms. The second-order valence-corrected chi connectivity index (χ2v) is 5.29. The highest BCUT2D eigenvalue weighted by atomic mass is 16.5. The summed E-state index contributed by atoms with van der Waals surface area (Å²) in [6.45, 7) is 3.29. The molecule has 2 N–H and O–H groups in total. The van der Waals surface area contributed by atoms with E-state index in [1.54, 1.807) is 6.07 Å². The number of aliphatic carboxylic acids is 1. The van der Waals surface area contributed by atoms with Crippen LogP contribution in [-0.4, -0.2) is 72.1 Å². The normalized spacial score (nSPS) is 16.4. The van der Waals surface area contributed by atoms with Gasteiger partial charge in [-0.15, -0.1) is 0 Å². The lowest BCUT2D eigenvalue weighted by atomic mass is 10.1. The van der Waals surface area contributed by atoms with Crippen LogP contribution >= 0.6 is 0 Å². The minimum Gasteiger partial charge on any atom is -0.504 e. The van der Waals surface area contributed by atoms with Crippen LogP contribution in [0.25, 0.3) is 0 Å². The Hall–Kier alpha value is -2.12. The molecule has 1 aliphatic rings. The summed E-state index contributed by atoms with van der Waals surface area (Å²) in [4.78, 5) is 25.6. The van der Waals surface area contributed by atoms with Crippen LogP contribution in [0.3, 0.4) is 0 Å². The Morgan fingerprint density at radius 3 is 2.45 bits per heavy atom. The molecule has 1 fully saturated rings. The van der Waals surface area contributed by atoms with Crippen molar-refractivity contribution in [3.05, 3.63) is 23.3 Å². The fraction of sp³-hybridized carbons (Fsp3) is 0.467. The highest BCUT2D eigenvalue weighted by Crippen LogP contribution is 2.32. The predicted molar refractivity (Wildman–Crippen MR) is 79.4 cm³/mol. The minimum absolute atomic E-state index is 0.0427. The molecule has 1 heterocycles. The Morgan fingerprint density at radius 2 is 1.91 bits per heavy atom. The van der Waals surface area contributed by atoms with Gasteiger partial charge < -0.3 is 14.9 Å². The van der Waals surface area contributed by atoms with Gasteiger partial charge in [0.25, 0.3) is 0 Å². The summed E-state index contributed by atoms with van der Waals surface area (Å²) >= 11 is 0. The van der Waals surface area contributed by atoms with Gasteiger partial charge in [0.05, 0.1) is 13.7 Å². The lowest BCUT2D eigenvalue weighted by Gasteiger charge is -2.33. The number of benzene rings is 1. The first-order chi connectivity index (χ1) is 10.5. The van der Waals surface area contributed by atoms with Gasteiger partial charge in [-0.05, 0) is 12.1 Å². The summed E-state index contributed by atoms with van der Waals surface area (Å²) in [5.74, 6) is -0.500. The Labute approximate surface area is 128 Å². The highest BCUT2D eigenvalue weighted by molar-refractivity contribution is 5.77. The number of aldehydes is 1. The Balaban J connectivity index is 2.02. The molecule has 0 unspecified atom stereocenters. The highest BCUT2D eigenvalue weighted by Gasteiger charge is 2.20. The van der Waals surface area contributed by atoms with Gasteiger partial charge in [0.2, 0.25) is 0 Å². The average molecular weight is 308 g/mol. The number of aromatic hydroxyl groups is 1. The van der Waals surface area contributed by atoms with Crippen molar-refractivity contribution in [2.75, 3.05) is 39.8 Å². The summed E-state index contributed by atoms with van der Waals surface area (Å²) in [6, 6.07) is 3.14. The monoisotopic (exact) mass is 308 g/mol. The first-order valence-corrected chi connectivity index (χ1v) is 7.05. The average Bonchev–Trinajstić information content (AvgIpc) is 2.50. The van der Waals surface area contributed by atoms with Crippen molar-refractivity contribution in [3.63, 3.8) is 0 Å². The molecule has 0 bridgehead atoms. The number of hydrogen-bond donors (Lipinski definition) is 2. The molecule has 1 aromatic rings. The maximum atomic E-state index is 11.0. The van der Waals surface area contributed by atoms with Gasteiger partial charge in [-0.25, -0.2) is 0 Å². The lowest BCUT2D eigenvalue weighted by Crippen LogP contribution is -2.47. The zero-order valence-corrected chi connectivity index (χ0v) is 12.5. The van der Waals surface area contributed by atoms with Crippen LogP contribution in [-0.2, 0) is 11.3 Å². The third kappa shape index (κ3) is 3.96. The SMILES string of the molecule is COc1cc(C=O)cc(CN2CCN(CC(=O)O)CC2)c1O. The van der Waals surface area contributed by atoms with Gasteiger partial charge in [-0.1, -0.05) is 0 Å². The third-order valence-corrected chi connectivity index (χ3v) is 3.75. The fourth-order valence-electron chi connectivity index (χ4n) is 2.57. The van der Waals surface area contributed by atoms with E-state index in [0.717, 1.165) is 6.29 Å². The summed E-state index contributed by atoms with van der Waals surface area (Å²) in [7, 11) is 1.44. The molecule has 0 atom stereocenters. The maximum Gasteiger partial charge on any atom is 0.317 e. The lowest BCUT2D eigenvalue weighted by molar-refractivity contribution is -0.138. The summed E-state index contributed by atoms with van der Waals surface area (Å²) in [6.07, 6.45) is 0.719. The zero-order valence-electron chi connectivity index (χ0n) is 12.5. The molecule has 2 rings (SSSR count). The molecule has 7 nitrogen and oxygen atoms in total. The number of carbonyl (C=O) groups is 2. The molecule has 1 aromatic carbocycles. The topological polar surface area (TPSA) is 90.3 Å². The van der Waals surface area contributed by atoms with Crippen LogP contribution in [0.1, 0.15) is 15.9 Å². The molecule has 0 radical (unpaired) electrons. The Morgan fingerprint density at radius 1 is 1.27 bits per heavy atom. The summed E-state index contributed by atoms with van der Waals surface area (Å²) in [5, 5.41) is 18.9. The fourth-order valence-corrected chi connectivity index (χ4v) is 2.57. The van der Waals surface area contributed by atoms with Crippen molar-refractivity contribution in [1.29, 1.82) is 0 Å². The van der Waals surface area contributed by atoms with Crippen LogP contribution in [0.4, 0.5) is 0 Å². The number of ether oxygens (including phenoxy) is 1. The molecule has 1 aliphatic heterocycles. The van der Waals surface area contributed by atoms with E-state index in [0.29, 0.717) is 43.9 Å². The number of carboxylic acids is 1. The van der Waals surface area contributed by atoms with Crippen molar-refractivity contribution in [1.82, 2.24) is 9.80 Å². The van der Waals surface area contributed by atoms with Crippen LogP contribution in [0.2, 0.25) is 0 Å². The number of carbonyl (C=O) groups excluding carboxylic acids is 1. The van der Waals surface area contributed by atoms with E-state index in [2.05, 4.69) is 4.90 Å². The van der Waals surface area contributed by atoms with Gasteiger partial charge in [-0.3, -0.25) is 19.4 Å². The largest absolute Gasteiger partial charge is 0.504 e. The smallest absolute Gasteiger partial charge is 0.317 e. The molecule has 0 amide bonds. The number of phenolic OH excluding ortho intramolecular Hbond substituents is 1. The number of rotatable bonds is 6. The maximum absolute atomic E-state index is 11.0. The summed E-state index contributed by atoms with van der Waals surface area (Å²) in [5.41, 5.74) is 1.09. The van der Waals surface area contributed by atoms with Gasteiger partial charge in [0.15, 0.2) is 11.5 Å². The van der Waals surface area contributed by atoms with Gasteiger partial charge in [0.1, 0.15) is 6.29 Å². The molecule has 0 aliphatic carbocycles. The molecule has 1 saturated heterocycles. The van der Waals surface area contributed by atoms with Crippen molar-refractivity contribution in [2.45, 2.75) is 6.54 Å². The number of methoxy groups -OCH3 is 1. The molecule has 22 heavy (non-hydrogen) atoms. The Kier molecular flexibility index (Phi) is 5.35. The molecule has 120 valence electrons. The summed E-state index contributed by atoms with van der Waals surface area (Å²) < 4.78 is 5.08. The first-order valence-electron chi connectivity index (χ1n) is 7.05. The van der Waals surface area contributed by atoms with Crippen LogP contribution in [0, 0.1) is 0 Å². The van der Waals surface area contributed by atoms with Gasteiger partial charge in [0, 0.05) is 43.9 Å². The van der Waals surface area contributed by atoms with Crippen molar-refractivity contribution < 1.29 is 24.5 Å². The van der Waals surface area contributed by atoms with E-state index >= 15 is 0 Å². The second kappa shape index (κ2) is 7.24. The quantitative estimate of drug-likeness (QED) is 0.736. The zero-order chi connectivity index (χ0) is 16.1. The second-order valence-electron chi connectivity index (χ2n) is 5.29. The van der Waals surface area contributed by atoms with Crippen LogP contribution < -0.4 is 4.74 Å². The number of hydrogen-bond acceptors (Lipinski definition) is 6. The molecule has 0 aromatic heterocycles. The first kappa shape index (κ1) is 16.3. The van der Waals surface area contributed by atoms with E-state index in [1.165, 1.54) is 13.2 Å². The number of carboxylic acid groups (broad SMARTS) is 1. The molecule has 0 saturated carbocycles. The number of phenols is 1. The van der Waals surface area contributed by atoms with Crippen LogP contribution in [0.5, 0.6) is 11.5 Å². The van der Waals surface area contributed by atoms with Crippen molar-refractivity contribution in [3.8, 4) is 11.5 Å². The van der Waals surface area contributed by atoms with Gasteiger partial charge in [-0.2, -0.15) is 0 Å². The van der Waals surface area contributed by atoms with E-state index in [9.17, 15) is 14.7 Å². The van der Waals surface area contributed by atoms with Crippen molar-refractivity contribution in [2.24, 2.45) is 0 Å². The van der Waals surface area contributed by atoms with Crippen LogP contribution in [0.15, 0.2) is 12.1 Å². The van der Waals surface area contributed by atoms with E-state index in [4.69, 9.17) is 9.84 Å². The standard InChI is InChI=1S/C15H20N2O5/c1-22-13-7-11(10-18)6-12(15(13)21)8-16-2-4-17(5-3-16)9-14(19)20/h6-7,10,21H,2-5,8-9H2,1H3,(H,19,20). The van der Waals surface area contributed by atoms with E-state index in [-0.39, 0.29) is 18.0 Å². The van der Waals surface area contributed by atoms with E-state index in [1.807, 2.05) is 4.90 Å². The van der Waals surface area contributed by atoms with Gasteiger partial charge >= 0.3 is 5.97 Å². The number of piperazine rings is 1. The molecular weight excluding hydrogens is 288 g/mol. The number of nitrogens with zero attached hydrogens (tertiary/aromatic N) is 2.